The van der Waals surface area contributed by atoms with Crippen LogP contribution in [0.25, 0.3) is 6.08 Å². The standard InChI is InChI=1S/C19H23NO7S/c1-20(15-7-10-28(23,24)13-15)18(21)12-27-19(22)6-4-14-3-5-16-17(11-14)26-9-2-8-25-16/h3-6,11,15H,2,7-10,12-13H2,1H3/b6-4+/t15-/m0/s1. The molecule has 8 nitrogen and oxygen atoms in total. The highest BCUT2D eigenvalue weighted by Crippen LogP contribution is 2.30. The Morgan fingerprint density at radius 1 is 1.25 bits per heavy atom. The van der Waals surface area contributed by atoms with Gasteiger partial charge in [0.05, 0.1) is 24.7 Å². The van der Waals surface area contributed by atoms with E-state index < -0.39 is 28.3 Å². The van der Waals surface area contributed by atoms with Crippen LogP contribution in [0, 0.1) is 0 Å². The molecule has 2 heterocycles. The highest BCUT2D eigenvalue weighted by molar-refractivity contribution is 7.91. The largest absolute Gasteiger partial charge is 0.490 e. The van der Waals surface area contributed by atoms with E-state index in [1.165, 1.54) is 18.0 Å². The molecule has 2 aliphatic rings. The van der Waals surface area contributed by atoms with Gasteiger partial charge >= 0.3 is 5.97 Å². The number of likely N-dealkylation sites (N-methyl/N-ethyl adjacent to an activating group) is 1. The van der Waals surface area contributed by atoms with E-state index in [4.69, 9.17) is 14.2 Å². The molecule has 0 radical (unpaired) electrons. The van der Waals surface area contributed by atoms with Gasteiger partial charge in [0.15, 0.2) is 27.9 Å². The Hall–Kier alpha value is -2.55. The van der Waals surface area contributed by atoms with Crippen molar-refractivity contribution in [2.75, 3.05) is 38.4 Å². The van der Waals surface area contributed by atoms with Gasteiger partial charge in [-0.05, 0) is 30.2 Å². The average molecular weight is 409 g/mol. The van der Waals surface area contributed by atoms with Crippen molar-refractivity contribution in [2.24, 2.45) is 0 Å². The van der Waals surface area contributed by atoms with Crippen molar-refractivity contribution in [2.45, 2.75) is 18.9 Å². The number of ether oxygens (including phenoxy) is 3. The molecule has 3 rings (SSSR count). The minimum Gasteiger partial charge on any atom is -0.490 e. The van der Waals surface area contributed by atoms with Crippen molar-refractivity contribution >= 4 is 27.8 Å². The lowest BCUT2D eigenvalue weighted by Crippen LogP contribution is -2.40. The zero-order valence-corrected chi connectivity index (χ0v) is 16.4. The normalized spacial score (nSPS) is 20.5. The maximum absolute atomic E-state index is 12.1. The monoisotopic (exact) mass is 409 g/mol. The predicted octanol–water partition coefficient (Wildman–Crippen LogP) is 1.05. The molecule has 9 heteroatoms. The number of esters is 1. The Kier molecular flexibility index (Phi) is 6.23. The van der Waals surface area contributed by atoms with Gasteiger partial charge in [0.25, 0.3) is 5.91 Å². The molecule has 0 bridgehead atoms. The van der Waals surface area contributed by atoms with Crippen LogP contribution in [0.3, 0.4) is 0 Å². The van der Waals surface area contributed by atoms with Crippen LogP contribution in [0.5, 0.6) is 11.5 Å². The fourth-order valence-corrected chi connectivity index (χ4v) is 4.79. The average Bonchev–Trinajstić information content (AvgIpc) is 2.89. The van der Waals surface area contributed by atoms with Gasteiger partial charge < -0.3 is 19.1 Å². The molecule has 1 fully saturated rings. The third-order valence-electron chi connectivity index (χ3n) is 4.67. The van der Waals surface area contributed by atoms with Crippen LogP contribution >= 0.6 is 0 Å². The molecule has 0 N–H and O–H groups in total. The van der Waals surface area contributed by atoms with Crippen LogP contribution < -0.4 is 9.47 Å². The van der Waals surface area contributed by atoms with Gasteiger partial charge in [-0.25, -0.2) is 13.2 Å². The molecule has 1 aromatic rings. The van der Waals surface area contributed by atoms with Gasteiger partial charge in [-0.2, -0.15) is 0 Å². The van der Waals surface area contributed by atoms with E-state index in [1.54, 1.807) is 24.3 Å². The van der Waals surface area contributed by atoms with E-state index in [0.717, 1.165) is 12.0 Å². The molecule has 0 spiro atoms. The minimum atomic E-state index is -3.09. The summed E-state index contributed by atoms with van der Waals surface area (Å²) in [6.45, 7) is 0.737. The molecule has 1 saturated heterocycles. The first-order chi connectivity index (χ1) is 13.3. The first-order valence-corrected chi connectivity index (χ1v) is 10.9. The van der Waals surface area contributed by atoms with Gasteiger partial charge in [-0.1, -0.05) is 6.07 Å². The molecule has 1 aromatic carbocycles. The molecule has 2 aliphatic heterocycles. The lowest BCUT2D eigenvalue weighted by atomic mass is 10.2. The number of benzene rings is 1. The summed E-state index contributed by atoms with van der Waals surface area (Å²) in [5.41, 5.74) is 0.737. The third kappa shape index (κ3) is 5.25. The van der Waals surface area contributed by atoms with E-state index in [9.17, 15) is 18.0 Å². The summed E-state index contributed by atoms with van der Waals surface area (Å²) in [6.07, 6.45) is 4.01. The number of amides is 1. The van der Waals surface area contributed by atoms with Gasteiger partial charge in [-0.15, -0.1) is 0 Å². The van der Waals surface area contributed by atoms with E-state index in [0.29, 0.717) is 31.1 Å². The maximum atomic E-state index is 12.1. The molecule has 1 atom stereocenters. The van der Waals surface area contributed by atoms with Gasteiger partial charge in [0.2, 0.25) is 0 Å². The predicted molar refractivity (Wildman–Crippen MR) is 102 cm³/mol. The van der Waals surface area contributed by atoms with Crippen molar-refractivity contribution in [1.29, 1.82) is 0 Å². The zero-order valence-electron chi connectivity index (χ0n) is 15.6. The molecule has 0 aliphatic carbocycles. The third-order valence-corrected chi connectivity index (χ3v) is 6.42. The Bertz CT molecular complexity index is 878. The van der Waals surface area contributed by atoms with Crippen LogP contribution in [-0.2, 0) is 24.2 Å². The molecular formula is C19H23NO7S. The Morgan fingerprint density at radius 3 is 2.71 bits per heavy atom. The lowest BCUT2D eigenvalue weighted by Gasteiger charge is -2.22. The lowest BCUT2D eigenvalue weighted by molar-refractivity contribution is -0.148. The van der Waals surface area contributed by atoms with Gasteiger partial charge in [0.1, 0.15) is 0 Å². The van der Waals surface area contributed by atoms with Gasteiger partial charge in [0, 0.05) is 25.6 Å². The number of hydrogen-bond acceptors (Lipinski definition) is 7. The number of carbonyl (C=O) groups is 2. The fraction of sp³-hybridized carbons (Fsp3) is 0.474. The first-order valence-electron chi connectivity index (χ1n) is 9.05. The number of sulfone groups is 1. The maximum Gasteiger partial charge on any atom is 0.331 e. The number of fused-ring (bicyclic) bond motifs is 1. The molecule has 0 aromatic heterocycles. The summed E-state index contributed by atoms with van der Waals surface area (Å²) in [5, 5.41) is 0. The Morgan fingerprint density at radius 2 is 2.00 bits per heavy atom. The molecule has 152 valence electrons. The van der Waals surface area contributed by atoms with Crippen LogP contribution in [0.2, 0.25) is 0 Å². The smallest absolute Gasteiger partial charge is 0.331 e. The van der Waals surface area contributed by atoms with Crippen LogP contribution in [0.4, 0.5) is 0 Å². The highest BCUT2D eigenvalue weighted by Gasteiger charge is 2.32. The summed E-state index contributed by atoms with van der Waals surface area (Å²) >= 11 is 0. The fourth-order valence-electron chi connectivity index (χ4n) is 3.02. The van der Waals surface area contributed by atoms with Crippen molar-refractivity contribution in [1.82, 2.24) is 4.90 Å². The van der Waals surface area contributed by atoms with Crippen molar-refractivity contribution in [3.05, 3.63) is 29.8 Å². The minimum absolute atomic E-state index is 0.0484. The molecular weight excluding hydrogens is 386 g/mol. The second-order valence-corrected chi connectivity index (χ2v) is 8.99. The SMILES string of the molecule is CN(C(=O)COC(=O)/C=C/c1ccc2c(c1)OCCCO2)[C@H]1CCS(=O)(=O)C1. The number of rotatable bonds is 5. The van der Waals surface area contributed by atoms with E-state index in [2.05, 4.69) is 0 Å². The number of nitrogens with zero attached hydrogens (tertiary/aromatic N) is 1. The second kappa shape index (κ2) is 8.64. The number of carbonyl (C=O) groups excluding carboxylic acids is 2. The van der Waals surface area contributed by atoms with Crippen molar-refractivity contribution < 1.29 is 32.2 Å². The second-order valence-electron chi connectivity index (χ2n) is 6.76. The first kappa shape index (κ1) is 20.2. The zero-order chi connectivity index (χ0) is 20.1. The van der Waals surface area contributed by atoms with Crippen molar-refractivity contribution in [3.8, 4) is 11.5 Å². The topological polar surface area (TPSA) is 99.2 Å². The van der Waals surface area contributed by atoms with E-state index >= 15 is 0 Å². The van der Waals surface area contributed by atoms with Crippen LogP contribution in [0.1, 0.15) is 18.4 Å². The molecule has 0 unspecified atom stereocenters. The van der Waals surface area contributed by atoms with Crippen LogP contribution in [-0.4, -0.2) is 69.6 Å². The van der Waals surface area contributed by atoms with Crippen molar-refractivity contribution in [3.63, 3.8) is 0 Å². The van der Waals surface area contributed by atoms with E-state index in [1.807, 2.05) is 0 Å². The molecule has 28 heavy (non-hydrogen) atoms. The summed E-state index contributed by atoms with van der Waals surface area (Å²) in [7, 11) is -1.56. The summed E-state index contributed by atoms with van der Waals surface area (Å²) in [5.74, 6) is 0.226. The Balaban J connectivity index is 1.50. The summed E-state index contributed by atoms with van der Waals surface area (Å²) in [4.78, 5) is 25.3. The molecule has 0 saturated carbocycles. The Labute approximate surface area is 164 Å². The van der Waals surface area contributed by atoms with Crippen LogP contribution in [0.15, 0.2) is 24.3 Å². The van der Waals surface area contributed by atoms with Gasteiger partial charge in [-0.3, -0.25) is 4.79 Å². The highest BCUT2D eigenvalue weighted by atomic mass is 32.2. The quantitative estimate of drug-likeness (QED) is 0.529. The summed E-state index contributed by atoms with van der Waals surface area (Å²) < 4.78 is 39.1. The summed E-state index contributed by atoms with van der Waals surface area (Å²) in [6, 6.07) is 4.97. The molecule has 1 amide bonds. The van der Waals surface area contributed by atoms with E-state index in [-0.39, 0.29) is 17.5 Å². The number of hydrogen-bond donors (Lipinski definition) is 0.